The minimum atomic E-state index is -3.52. The number of alkyl halides is 1. The van der Waals surface area contributed by atoms with Gasteiger partial charge in [0.1, 0.15) is 0 Å². The number of aromatic nitrogens is 2. The molecular formula is C8H14BrN3O2S. The Morgan fingerprint density at radius 1 is 1.60 bits per heavy atom. The van der Waals surface area contributed by atoms with Crippen molar-refractivity contribution in [1.82, 2.24) is 14.7 Å². The van der Waals surface area contributed by atoms with Crippen molar-refractivity contribution < 1.29 is 8.42 Å². The molecule has 0 saturated heterocycles. The Balaban J connectivity index is 2.92. The Morgan fingerprint density at radius 2 is 2.20 bits per heavy atom. The fraction of sp³-hybridized carbons (Fsp3) is 0.625. The predicted octanol–water partition coefficient (Wildman–Crippen LogP) is 1.25. The average Bonchev–Trinajstić information content (AvgIpc) is 2.53. The van der Waals surface area contributed by atoms with Gasteiger partial charge in [-0.05, 0) is 13.8 Å². The van der Waals surface area contributed by atoms with Crippen LogP contribution >= 0.6 is 15.9 Å². The second-order valence-corrected chi connectivity index (χ2v) is 6.88. The third-order valence-corrected chi connectivity index (χ3v) is 4.90. The Bertz CT molecular complexity index is 411. The molecule has 0 spiro atoms. The molecule has 5 nitrogen and oxygen atoms in total. The Hall–Kier alpha value is -0.400. The second kappa shape index (κ2) is 4.23. The van der Waals surface area contributed by atoms with Gasteiger partial charge >= 0.3 is 0 Å². The number of rotatable bonds is 4. The highest BCUT2D eigenvalue weighted by Gasteiger charge is 2.30. The van der Waals surface area contributed by atoms with Gasteiger partial charge in [0.15, 0.2) is 5.03 Å². The topological polar surface area (TPSA) is 74.8 Å². The van der Waals surface area contributed by atoms with Gasteiger partial charge in [-0.2, -0.15) is 0 Å². The summed E-state index contributed by atoms with van der Waals surface area (Å²) in [6.45, 7) is 5.50. The maximum absolute atomic E-state index is 11.8. The molecule has 15 heavy (non-hydrogen) atoms. The van der Waals surface area contributed by atoms with Crippen LogP contribution in [0.5, 0.6) is 0 Å². The van der Waals surface area contributed by atoms with E-state index in [2.05, 4.69) is 30.6 Å². The summed E-state index contributed by atoms with van der Waals surface area (Å²) >= 11 is 3.36. The van der Waals surface area contributed by atoms with Crippen LogP contribution in [0.15, 0.2) is 17.6 Å². The summed E-state index contributed by atoms with van der Waals surface area (Å²) in [6.07, 6.45) is 2.61. The molecule has 0 amide bonds. The SMILES string of the molecule is CC(Br)C(C)(C)NS(=O)(=O)c1cnc[nH]1. The van der Waals surface area contributed by atoms with Crippen molar-refractivity contribution in [1.29, 1.82) is 0 Å². The number of hydrogen-bond acceptors (Lipinski definition) is 3. The minimum Gasteiger partial charge on any atom is -0.335 e. The van der Waals surface area contributed by atoms with Gasteiger partial charge in [0, 0.05) is 10.4 Å². The normalized spacial score (nSPS) is 15.2. The van der Waals surface area contributed by atoms with Crippen molar-refractivity contribution in [3.05, 3.63) is 12.5 Å². The Kier molecular flexibility index (Phi) is 3.57. The fourth-order valence-electron chi connectivity index (χ4n) is 0.873. The molecule has 0 saturated carbocycles. The lowest BCUT2D eigenvalue weighted by molar-refractivity contribution is 0.453. The van der Waals surface area contributed by atoms with Gasteiger partial charge in [-0.3, -0.25) is 0 Å². The lowest BCUT2D eigenvalue weighted by Gasteiger charge is -2.28. The van der Waals surface area contributed by atoms with Crippen LogP contribution in [0.4, 0.5) is 0 Å². The van der Waals surface area contributed by atoms with Crippen LogP contribution in [0.25, 0.3) is 0 Å². The minimum absolute atomic E-state index is 0.0164. The zero-order valence-corrected chi connectivity index (χ0v) is 11.2. The van der Waals surface area contributed by atoms with Gasteiger partial charge in [-0.1, -0.05) is 22.9 Å². The molecule has 0 aliphatic carbocycles. The number of aromatic amines is 1. The van der Waals surface area contributed by atoms with E-state index in [9.17, 15) is 8.42 Å². The van der Waals surface area contributed by atoms with Crippen LogP contribution in [0.2, 0.25) is 0 Å². The lowest BCUT2D eigenvalue weighted by Crippen LogP contribution is -2.48. The van der Waals surface area contributed by atoms with Gasteiger partial charge in [0.05, 0.1) is 12.5 Å². The zero-order chi connectivity index (χ0) is 11.7. The van der Waals surface area contributed by atoms with E-state index in [1.807, 2.05) is 6.92 Å². The number of halogens is 1. The van der Waals surface area contributed by atoms with E-state index in [-0.39, 0.29) is 9.85 Å². The summed E-state index contributed by atoms with van der Waals surface area (Å²) in [4.78, 5) is 6.26. The molecule has 0 radical (unpaired) electrons. The molecule has 0 aliphatic heterocycles. The van der Waals surface area contributed by atoms with E-state index >= 15 is 0 Å². The summed E-state index contributed by atoms with van der Waals surface area (Å²) in [6, 6.07) is 0. The first-order chi connectivity index (χ1) is 6.76. The first kappa shape index (κ1) is 12.7. The number of imidazole rings is 1. The van der Waals surface area contributed by atoms with Gasteiger partial charge in [-0.25, -0.2) is 18.1 Å². The molecule has 0 bridgehead atoms. The highest BCUT2D eigenvalue weighted by atomic mass is 79.9. The van der Waals surface area contributed by atoms with Crippen LogP contribution in [0, 0.1) is 0 Å². The number of H-pyrrole nitrogens is 1. The Labute approximate surface area is 97.9 Å². The van der Waals surface area contributed by atoms with E-state index < -0.39 is 15.6 Å². The van der Waals surface area contributed by atoms with E-state index in [0.29, 0.717) is 0 Å². The quantitative estimate of drug-likeness (QED) is 0.821. The molecule has 0 fully saturated rings. The van der Waals surface area contributed by atoms with Crippen LogP contribution in [-0.4, -0.2) is 28.8 Å². The van der Waals surface area contributed by atoms with E-state index in [0.717, 1.165) is 0 Å². The molecule has 1 atom stereocenters. The molecule has 1 aromatic rings. The molecule has 1 rings (SSSR count). The highest BCUT2D eigenvalue weighted by molar-refractivity contribution is 9.09. The zero-order valence-electron chi connectivity index (χ0n) is 8.78. The van der Waals surface area contributed by atoms with Gasteiger partial charge in [0.2, 0.25) is 0 Å². The molecule has 2 N–H and O–H groups in total. The van der Waals surface area contributed by atoms with Crippen molar-refractivity contribution in [3.63, 3.8) is 0 Å². The summed E-state index contributed by atoms with van der Waals surface area (Å²) in [5.41, 5.74) is -0.566. The Morgan fingerprint density at radius 3 is 2.60 bits per heavy atom. The fourth-order valence-corrected chi connectivity index (χ4v) is 2.53. The van der Waals surface area contributed by atoms with Crippen LogP contribution < -0.4 is 4.72 Å². The van der Waals surface area contributed by atoms with Gasteiger partial charge in [0.25, 0.3) is 10.0 Å². The number of nitrogens with one attached hydrogen (secondary N) is 2. The first-order valence-electron chi connectivity index (χ1n) is 4.42. The summed E-state index contributed by atoms with van der Waals surface area (Å²) in [5.74, 6) is 0. The lowest BCUT2D eigenvalue weighted by atomic mass is 10.0. The monoisotopic (exact) mass is 295 g/mol. The average molecular weight is 296 g/mol. The van der Waals surface area contributed by atoms with Crippen LogP contribution in [-0.2, 0) is 10.0 Å². The maximum atomic E-state index is 11.8. The highest BCUT2D eigenvalue weighted by Crippen LogP contribution is 2.19. The van der Waals surface area contributed by atoms with Crippen molar-refractivity contribution in [3.8, 4) is 0 Å². The molecule has 0 aliphatic rings. The van der Waals surface area contributed by atoms with E-state index in [4.69, 9.17) is 0 Å². The number of nitrogens with zero attached hydrogens (tertiary/aromatic N) is 1. The summed E-state index contributed by atoms with van der Waals surface area (Å²) < 4.78 is 26.2. The van der Waals surface area contributed by atoms with E-state index in [1.54, 1.807) is 13.8 Å². The predicted molar refractivity (Wildman–Crippen MR) is 61.4 cm³/mol. The van der Waals surface area contributed by atoms with Crippen LogP contribution in [0.1, 0.15) is 20.8 Å². The molecule has 86 valence electrons. The van der Waals surface area contributed by atoms with Crippen molar-refractivity contribution in [2.24, 2.45) is 0 Å². The van der Waals surface area contributed by atoms with Gasteiger partial charge < -0.3 is 4.98 Å². The van der Waals surface area contributed by atoms with Crippen molar-refractivity contribution in [2.75, 3.05) is 0 Å². The molecule has 7 heteroatoms. The van der Waals surface area contributed by atoms with E-state index in [1.165, 1.54) is 12.5 Å². The maximum Gasteiger partial charge on any atom is 0.258 e. The largest absolute Gasteiger partial charge is 0.335 e. The summed E-state index contributed by atoms with van der Waals surface area (Å²) in [7, 11) is -3.52. The first-order valence-corrected chi connectivity index (χ1v) is 6.82. The third kappa shape index (κ3) is 3.02. The number of sulfonamides is 1. The summed E-state index contributed by atoms with van der Waals surface area (Å²) in [5, 5.41) is 0.0729. The third-order valence-electron chi connectivity index (χ3n) is 2.15. The molecule has 0 aromatic carbocycles. The van der Waals surface area contributed by atoms with Gasteiger partial charge in [-0.15, -0.1) is 0 Å². The number of hydrogen-bond donors (Lipinski definition) is 2. The van der Waals surface area contributed by atoms with Crippen molar-refractivity contribution in [2.45, 2.75) is 36.2 Å². The standard InChI is InChI=1S/C8H14BrN3O2S/c1-6(9)8(2,3)12-15(13,14)7-4-10-5-11-7/h4-6,12H,1-3H3,(H,10,11). The smallest absolute Gasteiger partial charge is 0.258 e. The molecule has 1 aromatic heterocycles. The molecular weight excluding hydrogens is 282 g/mol. The molecule has 1 unspecified atom stereocenters. The van der Waals surface area contributed by atoms with Crippen molar-refractivity contribution >= 4 is 26.0 Å². The molecule has 1 heterocycles. The van der Waals surface area contributed by atoms with Crippen LogP contribution in [0.3, 0.4) is 0 Å². The second-order valence-electron chi connectivity index (χ2n) is 3.86.